The van der Waals surface area contributed by atoms with Crippen molar-refractivity contribution < 1.29 is 0 Å². The Balaban J connectivity index is 2.21. The Hall–Kier alpha value is -0.830. The lowest BCUT2D eigenvalue weighted by atomic mass is 9.85. The van der Waals surface area contributed by atoms with E-state index in [1.54, 1.807) is 0 Å². The van der Waals surface area contributed by atoms with Crippen LogP contribution in [0.4, 0.5) is 0 Å². The van der Waals surface area contributed by atoms with Crippen molar-refractivity contribution in [3.05, 3.63) is 18.2 Å². The highest BCUT2D eigenvalue weighted by Gasteiger charge is 2.36. The van der Waals surface area contributed by atoms with Crippen molar-refractivity contribution in [2.75, 3.05) is 0 Å². The van der Waals surface area contributed by atoms with Crippen molar-refractivity contribution in [2.24, 2.45) is 5.73 Å². The van der Waals surface area contributed by atoms with Gasteiger partial charge >= 0.3 is 0 Å². The zero-order valence-electron chi connectivity index (χ0n) is 9.03. The fourth-order valence-electron chi connectivity index (χ4n) is 2.36. The predicted molar refractivity (Wildman–Crippen MR) is 57.1 cm³/mol. The van der Waals surface area contributed by atoms with Gasteiger partial charge < -0.3 is 10.3 Å². The lowest BCUT2D eigenvalue weighted by Crippen LogP contribution is -2.22. The van der Waals surface area contributed by atoms with Crippen molar-refractivity contribution in [3.63, 3.8) is 0 Å². The molecule has 0 spiro atoms. The Morgan fingerprint density at radius 1 is 1.71 bits per heavy atom. The molecule has 0 amide bonds. The van der Waals surface area contributed by atoms with E-state index >= 15 is 0 Å². The summed E-state index contributed by atoms with van der Waals surface area (Å²) < 4.78 is 2.13. The molecule has 1 aliphatic rings. The topological polar surface area (TPSA) is 43.8 Å². The van der Waals surface area contributed by atoms with Crippen LogP contribution in [0.1, 0.15) is 38.8 Å². The highest BCUT2D eigenvalue weighted by molar-refractivity contribution is 5.16. The average molecular weight is 193 g/mol. The second-order valence-electron chi connectivity index (χ2n) is 4.65. The van der Waals surface area contributed by atoms with Gasteiger partial charge in [0.25, 0.3) is 0 Å². The number of aryl methyl sites for hydroxylation is 1. The first-order chi connectivity index (χ1) is 6.64. The van der Waals surface area contributed by atoms with Gasteiger partial charge in [0.2, 0.25) is 0 Å². The first kappa shape index (κ1) is 9.71. The summed E-state index contributed by atoms with van der Waals surface area (Å²) in [4.78, 5) is 4.48. The van der Waals surface area contributed by atoms with E-state index in [-0.39, 0.29) is 5.41 Å². The number of nitrogens with zero attached hydrogens (tertiary/aromatic N) is 2. The summed E-state index contributed by atoms with van der Waals surface area (Å²) in [6, 6.07) is 0.367. The van der Waals surface area contributed by atoms with E-state index in [2.05, 4.69) is 29.6 Å². The Labute approximate surface area is 85.3 Å². The van der Waals surface area contributed by atoms with Gasteiger partial charge in [-0.2, -0.15) is 0 Å². The molecule has 3 nitrogen and oxygen atoms in total. The minimum Gasteiger partial charge on any atom is -0.337 e. The Morgan fingerprint density at radius 3 is 3.00 bits per heavy atom. The molecule has 1 fully saturated rings. The van der Waals surface area contributed by atoms with Crippen LogP contribution in [0.5, 0.6) is 0 Å². The molecule has 0 saturated heterocycles. The van der Waals surface area contributed by atoms with Crippen LogP contribution in [-0.2, 0) is 12.0 Å². The van der Waals surface area contributed by atoms with Gasteiger partial charge in [-0.1, -0.05) is 6.92 Å². The van der Waals surface area contributed by atoms with Crippen molar-refractivity contribution in [1.82, 2.24) is 9.55 Å². The maximum absolute atomic E-state index is 5.95. The molecule has 3 heteroatoms. The first-order valence-electron chi connectivity index (χ1n) is 5.42. The van der Waals surface area contributed by atoms with Crippen molar-refractivity contribution in [1.29, 1.82) is 0 Å². The third-order valence-electron chi connectivity index (χ3n) is 3.40. The first-order valence-corrected chi connectivity index (χ1v) is 5.42. The molecule has 2 rings (SSSR count). The van der Waals surface area contributed by atoms with Gasteiger partial charge in [0, 0.05) is 24.2 Å². The quantitative estimate of drug-likeness (QED) is 0.776. The molecule has 0 radical (unpaired) electrons. The molecule has 78 valence electrons. The summed E-state index contributed by atoms with van der Waals surface area (Å²) in [5.41, 5.74) is 7.39. The van der Waals surface area contributed by atoms with Crippen molar-refractivity contribution in [2.45, 2.75) is 51.1 Å². The molecule has 2 atom stereocenters. The van der Waals surface area contributed by atoms with Gasteiger partial charge in [-0.25, -0.2) is 4.98 Å². The molecule has 2 N–H and O–H groups in total. The molecule has 1 aliphatic carbocycles. The summed E-state index contributed by atoms with van der Waals surface area (Å²) in [6.45, 7) is 5.41. The summed E-state index contributed by atoms with van der Waals surface area (Å²) in [5, 5.41) is 0. The summed E-state index contributed by atoms with van der Waals surface area (Å²) in [6.07, 6.45) is 7.47. The molecular formula is C11H19N3. The third-order valence-corrected chi connectivity index (χ3v) is 3.40. The Kier molecular flexibility index (Phi) is 2.35. The number of rotatable bonds is 2. The smallest absolute Gasteiger partial charge is 0.0949 e. The van der Waals surface area contributed by atoms with Crippen LogP contribution in [-0.4, -0.2) is 15.6 Å². The summed E-state index contributed by atoms with van der Waals surface area (Å²) in [7, 11) is 0. The maximum Gasteiger partial charge on any atom is 0.0949 e. The van der Waals surface area contributed by atoms with Gasteiger partial charge in [0.05, 0.1) is 12.0 Å². The lowest BCUT2D eigenvalue weighted by Gasteiger charge is -2.20. The van der Waals surface area contributed by atoms with Crippen LogP contribution in [0.2, 0.25) is 0 Å². The molecule has 14 heavy (non-hydrogen) atoms. The monoisotopic (exact) mass is 193 g/mol. The summed E-state index contributed by atoms with van der Waals surface area (Å²) >= 11 is 0. The lowest BCUT2D eigenvalue weighted by molar-refractivity contribution is 0.469. The van der Waals surface area contributed by atoms with Crippen molar-refractivity contribution in [3.8, 4) is 0 Å². The van der Waals surface area contributed by atoms with Crippen LogP contribution in [0.3, 0.4) is 0 Å². The molecule has 0 aromatic carbocycles. The van der Waals surface area contributed by atoms with E-state index in [1.807, 2.05) is 6.33 Å². The van der Waals surface area contributed by atoms with Gasteiger partial charge in [0.1, 0.15) is 0 Å². The molecule has 1 heterocycles. The minimum atomic E-state index is 0.222. The number of imidazole rings is 1. The average Bonchev–Trinajstić information content (AvgIpc) is 2.73. The largest absolute Gasteiger partial charge is 0.337 e. The van der Waals surface area contributed by atoms with E-state index in [1.165, 1.54) is 12.1 Å². The molecule has 0 bridgehead atoms. The third kappa shape index (κ3) is 1.57. The second kappa shape index (κ2) is 3.39. The fourth-order valence-corrected chi connectivity index (χ4v) is 2.36. The van der Waals surface area contributed by atoms with E-state index in [0.717, 1.165) is 19.4 Å². The SMILES string of the molecule is CCn1cnc(C2(C)CCC(N)C2)c1. The zero-order chi connectivity index (χ0) is 10.2. The predicted octanol–water partition coefficient (Wildman–Crippen LogP) is 1.67. The van der Waals surface area contributed by atoms with E-state index < -0.39 is 0 Å². The standard InChI is InChI=1S/C11H19N3/c1-3-14-7-10(13-8-14)11(2)5-4-9(12)6-11/h7-9H,3-6,12H2,1-2H3. The fraction of sp³-hybridized carbons (Fsp3) is 0.727. The van der Waals surface area contributed by atoms with Gasteiger partial charge in [0.15, 0.2) is 0 Å². The molecule has 2 unspecified atom stereocenters. The van der Waals surface area contributed by atoms with Gasteiger partial charge in [-0.05, 0) is 26.2 Å². The van der Waals surface area contributed by atoms with Crippen LogP contribution < -0.4 is 5.73 Å². The van der Waals surface area contributed by atoms with Crippen LogP contribution in [0.25, 0.3) is 0 Å². The van der Waals surface area contributed by atoms with Gasteiger partial charge in [-0.15, -0.1) is 0 Å². The van der Waals surface area contributed by atoms with Crippen LogP contribution in [0, 0.1) is 0 Å². The van der Waals surface area contributed by atoms with Crippen LogP contribution >= 0.6 is 0 Å². The molecule has 0 aliphatic heterocycles. The van der Waals surface area contributed by atoms with Crippen LogP contribution in [0.15, 0.2) is 12.5 Å². The summed E-state index contributed by atoms with van der Waals surface area (Å²) in [5.74, 6) is 0. The molecule has 1 saturated carbocycles. The zero-order valence-corrected chi connectivity index (χ0v) is 9.03. The number of hydrogen-bond donors (Lipinski definition) is 1. The molecule has 1 aromatic rings. The van der Waals surface area contributed by atoms with E-state index in [9.17, 15) is 0 Å². The van der Waals surface area contributed by atoms with Crippen molar-refractivity contribution >= 4 is 0 Å². The number of aromatic nitrogens is 2. The van der Waals surface area contributed by atoms with Gasteiger partial charge in [-0.3, -0.25) is 0 Å². The highest BCUT2D eigenvalue weighted by Crippen LogP contribution is 2.38. The van der Waals surface area contributed by atoms with E-state index in [0.29, 0.717) is 6.04 Å². The minimum absolute atomic E-state index is 0.222. The normalized spacial score (nSPS) is 32.4. The second-order valence-corrected chi connectivity index (χ2v) is 4.65. The van der Waals surface area contributed by atoms with E-state index in [4.69, 9.17) is 5.73 Å². The number of hydrogen-bond acceptors (Lipinski definition) is 2. The Morgan fingerprint density at radius 2 is 2.50 bits per heavy atom. The molecule has 1 aromatic heterocycles. The Bertz CT molecular complexity index is 318. The maximum atomic E-state index is 5.95. The molecular weight excluding hydrogens is 174 g/mol. The highest BCUT2D eigenvalue weighted by atomic mass is 15.0. The number of nitrogens with two attached hydrogens (primary N) is 1.